The third kappa shape index (κ3) is 6.16. The van der Waals surface area contributed by atoms with Gasteiger partial charge >= 0.3 is 0 Å². The summed E-state index contributed by atoms with van der Waals surface area (Å²) in [5.74, 6) is 2.58. The SMILES string of the molecule is Clc1ccc(OCCCN2CCCCC2n2ccnc2COc2ccc(Cl)cc2)cc1. The van der Waals surface area contributed by atoms with E-state index in [1.807, 2.05) is 54.7 Å². The van der Waals surface area contributed by atoms with Crippen LogP contribution in [0.15, 0.2) is 60.9 Å². The molecule has 1 aromatic heterocycles. The monoisotopic (exact) mass is 459 g/mol. The first-order chi connectivity index (χ1) is 15.2. The summed E-state index contributed by atoms with van der Waals surface area (Å²) < 4.78 is 14.1. The minimum Gasteiger partial charge on any atom is -0.494 e. The zero-order valence-electron chi connectivity index (χ0n) is 17.4. The lowest BCUT2D eigenvalue weighted by Gasteiger charge is -2.37. The molecular formula is C24H27Cl2N3O2. The lowest BCUT2D eigenvalue weighted by molar-refractivity contribution is 0.0835. The summed E-state index contributed by atoms with van der Waals surface area (Å²) in [6, 6.07) is 14.9. The Hall–Kier alpha value is -2.21. The molecule has 2 aromatic carbocycles. The van der Waals surface area contributed by atoms with Crippen molar-refractivity contribution in [2.75, 3.05) is 19.7 Å². The largest absolute Gasteiger partial charge is 0.494 e. The van der Waals surface area contributed by atoms with Crippen LogP contribution in [0.2, 0.25) is 10.0 Å². The van der Waals surface area contributed by atoms with Crippen molar-refractivity contribution in [3.63, 3.8) is 0 Å². The van der Waals surface area contributed by atoms with Crippen molar-refractivity contribution in [1.82, 2.24) is 14.5 Å². The van der Waals surface area contributed by atoms with Crippen LogP contribution >= 0.6 is 23.2 Å². The predicted molar refractivity (Wildman–Crippen MR) is 124 cm³/mol. The maximum absolute atomic E-state index is 5.96. The minimum absolute atomic E-state index is 0.301. The Balaban J connectivity index is 1.32. The summed E-state index contributed by atoms with van der Waals surface area (Å²) in [4.78, 5) is 7.08. The van der Waals surface area contributed by atoms with Crippen molar-refractivity contribution in [2.24, 2.45) is 0 Å². The van der Waals surface area contributed by atoms with Crippen molar-refractivity contribution in [2.45, 2.75) is 38.5 Å². The van der Waals surface area contributed by atoms with Gasteiger partial charge in [0, 0.05) is 35.5 Å². The van der Waals surface area contributed by atoms with Gasteiger partial charge in [0.1, 0.15) is 23.9 Å². The lowest BCUT2D eigenvalue weighted by atomic mass is 10.1. The highest BCUT2D eigenvalue weighted by Gasteiger charge is 2.25. The van der Waals surface area contributed by atoms with Crippen molar-refractivity contribution < 1.29 is 9.47 Å². The van der Waals surface area contributed by atoms with Crippen molar-refractivity contribution in [1.29, 1.82) is 0 Å². The van der Waals surface area contributed by atoms with Crippen molar-refractivity contribution in [3.8, 4) is 11.5 Å². The topological polar surface area (TPSA) is 39.5 Å². The first-order valence-electron chi connectivity index (χ1n) is 10.7. The summed E-state index contributed by atoms with van der Waals surface area (Å²) in [5, 5.41) is 1.42. The number of ether oxygens (including phenoxy) is 2. The molecule has 0 saturated carbocycles. The van der Waals surface area contributed by atoms with Crippen LogP contribution in [0.1, 0.15) is 37.7 Å². The number of halogens is 2. The third-order valence-corrected chi connectivity index (χ3v) is 6.01. The highest BCUT2D eigenvalue weighted by Crippen LogP contribution is 2.28. The van der Waals surface area contributed by atoms with E-state index in [9.17, 15) is 0 Å². The summed E-state index contributed by atoms with van der Waals surface area (Å²) in [6.07, 6.45) is 8.74. The maximum Gasteiger partial charge on any atom is 0.148 e. The van der Waals surface area contributed by atoms with E-state index >= 15 is 0 Å². The zero-order chi connectivity index (χ0) is 21.5. The molecule has 5 nitrogen and oxygen atoms in total. The molecule has 31 heavy (non-hydrogen) atoms. The Bertz CT molecular complexity index is 944. The molecule has 0 amide bonds. The third-order valence-electron chi connectivity index (χ3n) is 5.50. The Morgan fingerprint density at radius 2 is 1.58 bits per heavy atom. The molecule has 3 aromatic rings. The van der Waals surface area contributed by atoms with E-state index < -0.39 is 0 Å². The highest BCUT2D eigenvalue weighted by atomic mass is 35.5. The van der Waals surface area contributed by atoms with Crippen LogP contribution < -0.4 is 9.47 Å². The van der Waals surface area contributed by atoms with Gasteiger partial charge in [-0.25, -0.2) is 4.98 Å². The molecule has 0 radical (unpaired) electrons. The highest BCUT2D eigenvalue weighted by molar-refractivity contribution is 6.30. The van der Waals surface area contributed by atoms with E-state index in [-0.39, 0.29) is 0 Å². The first-order valence-corrected chi connectivity index (χ1v) is 11.5. The van der Waals surface area contributed by atoms with Gasteiger partial charge in [-0.3, -0.25) is 4.90 Å². The first kappa shape index (κ1) is 22.0. The van der Waals surface area contributed by atoms with Crippen molar-refractivity contribution >= 4 is 23.2 Å². The smallest absolute Gasteiger partial charge is 0.148 e. The molecule has 0 bridgehead atoms. The molecule has 164 valence electrons. The fourth-order valence-corrected chi connectivity index (χ4v) is 4.20. The van der Waals surface area contributed by atoms with Crippen LogP contribution in [0.4, 0.5) is 0 Å². The van der Waals surface area contributed by atoms with E-state index in [0.29, 0.717) is 24.4 Å². The molecular weight excluding hydrogens is 433 g/mol. The van der Waals surface area contributed by atoms with Gasteiger partial charge < -0.3 is 14.0 Å². The van der Waals surface area contributed by atoms with E-state index in [1.54, 1.807) is 0 Å². The standard InChI is InChI=1S/C24H27Cl2N3O2/c25-19-5-9-21(10-6-19)30-17-3-15-28-14-2-1-4-24(28)29-16-13-27-23(29)18-31-22-11-7-20(26)8-12-22/h5-13,16,24H,1-4,14-15,17-18H2. The second-order valence-electron chi connectivity index (χ2n) is 7.66. The summed E-state index contributed by atoms with van der Waals surface area (Å²) >= 11 is 11.9. The van der Waals surface area contributed by atoms with Gasteiger partial charge in [-0.05, 0) is 74.2 Å². The average Bonchev–Trinajstić information content (AvgIpc) is 3.26. The summed E-state index contributed by atoms with van der Waals surface area (Å²) in [7, 11) is 0. The van der Waals surface area contributed by atoms with E-state index in [4.69, 9.17) is 32.7 Å². The number of likely N-dealkylation sites (tertiary alicyclic amines) is 1. The molecule has 1 aliphatic heterocycles. The molecule has 0 N–H and O–H groups in total. The molecule has 0 aliphatic carbocycles. The molecule has 1 fully saturated rings. The number of aromatic nitrogens is 2. The van der Waals surface area contributed by atoms with Gasteiger partial charge in [-0.15, -0.1) is 0 Å². The molecule has 1 saturated heterocycles. The number of rotatable bonds is 9. The number of benzene rings is 2. The molecule has 1 unspecified atom stereocenters. The normalized spacial score (nSPS) is 16.9. The number of imidazole rings is 1. The fraction of sp³-hybridized carbons (Fsp3) is 0.375. The van der Waals surface area contributed by atoms with Gasteiger partial charge in [0.25, 0.3) is 0 Å². The predicted octanol–water partition coefficient (Wildman–Crippen LogP) is 6.22. The van der Waals surface area contributed by atoms with Gasteiger partial charge in [0.2, 0.25) is 0 Å². The van der Waals surface area contributed by atoms with Crippen LogP contribution in [0.25, 0.3) is 0 Å². The van der Waals surface area contributed by atoms with Crippen molar-refractivity contribution in [3.05, 3.63) is 76.8 Å². The number of hydrogen-bond acceptors (Lipinski definition) is 4. The van der Waals surface area contributed by atoms with Crippen LogP contribution in [-0.4, -0.2) is 34.1 Å². The Morgan fingerprint density at radius 3 is 2.29 bits per heavy atom. The van der Waals surface area contributed by atoms with Crippen LogP contribution in [0.3, 0.4) is 0 Å². The lowest BCUT2D eigenvalue weighted by Crippen LogP contribution is -2.38. The summed E-state index contributed by atoms with van der Waals surface area (Å²) in [6.45, 7) is 3.18. The van der Waals surface area contributed by atoms with E-state index in [2.05, 4.69) is 20.6 Å². The molecule has 4 rings (SSSR count). The van der Waals surface area contributed by atoms with Gasteiger partial charge in [-0.2, -0.15) is 0 Å². The van der Waals surface area contributed by atoms with Crippen LogP contribution in [0.5, 0.6) is 11.5 Å². The summed E-state index contributed by atoms with van der Waals surface area (Å²) in [5.41, 5.74) is 0. The zero-order valence-corrected chi connectivity index (χ0v) is 18.9. The Morgan fingerprint density at radius 1 is 0.903 bits per heavy atom. The molecule has 2 heterocycles. The van der Waals surface area contributed by atoms with E-state index in [0.717, 1.165) is 48.3 Å². The number of piperidine rings is 1. The number of nitrogens with zero attached hydrogens (tertiary/aromatic N) is 3. The van der Waals surface area contributed by atoms with Gasteiger partial charge in [0.05, 0.1) is 12.8 Å². The average molecular weight is 460 g/mol. The number of hydrogen-bond donors (Lipinski definition) is 0. The molecule has 1 atom stereocenters. The van der Waals surface area contributed by atoms with Gasteiger partial charge in [0.15, 0.2) is 0 Å². The van der Waals surface area contributed by atoms with Gasteiger partial charge in [-0.1, -0.05) is 23.2 Å². The van der Waals surface area contributed by atoms with E-state index in [1.165, 1.54) is 12.8 Å². The Labute approximate surface area is 193 Å². The quantitative estimate of drug-likeness (QED) is 0.356. The molecule has 7 heteroatoms. The molecule has 1 aliphatic rings. The molecule has 0 spiro atoms. The minimum atomic E-state index is 0.301. The van der Waals surface area contributed by atoms with Crippen LogP contribution in [-0.2, 0) is 6.61 Å². The van der Waals surface area contributed by atoms with Crippen LogP contribution in [0, 0.1) is 0 Å². The Kier molecular flexibility index (Phi) is 7.73. The fourth-order valence-electron chi connectivity index (χ4n) is 3.94. The second-order valence-corrected chi connectivity index (χ2v) is 8.53. The second kappa shape index (κ2) is 10.9. The maximum atomic E-state index is 5.96.